The molecule has 86 valence electrons. The predicted octanol–water partition coefficient (Wildman–Crippen LogP) is 2.76. The fourth-order valence-corrected chi connectivity index (χ4v) is 2.60. The predicted molar refractivity (Wildman–Crippen MR) is 66.3 cm³/mol. The molecule has 0 spiro atoms. The molecular formula is C12H16N2OS. The molecule has 2 aromatic rings. The zero-order valence-electron chi connectivity index (χ0n) is 9.49. The van der Waals surface area contributed by atoms with E-state index in [0.29, 0.717) is 0 Å². The number of nitrogens with two attached hydrogens (primary N) is 1. The van der Waals surface area contributed by atoms with Crippen LogP contribution in [-0.2, 0) is 6.42 Å². The Morgan fingerprint density at radius 3 is 2.69 bits per heavy atom. The van der Waals surface area contributed by atoms with E-state index in [2.05, 4.69) is 31.4 Å². The van der Waals surface area contributed by atoms with Gasteiger partial charge in [-0.15, -0.1) is 11.3 Å². The Hall–Kier alpha value is -1.10. The monoisotopic (exact) mass is 236 g/mol. The molecule has 0 aliphatic rings. The molecule has 0 bridgehead atoms. The van der Waals surface area contributed by atoms with Gasteiger partial charge in [0.2, 0.25) is 0 Å². The van der Waals surface area contributed by atoms with Crippen molar-refractivity contribution in [3.63, 3.8) is 0 Å². The van der Waals surface area contributed by atoms with Gasteiger partial charge in [-0.3, -0.25) is 5.84 Å². The van der Waals surface area contributed by atoms with Crippen molar-refractivity contribution < 1.29 is 4.42 Å². The van der Waals surface area contributed by atoms with Gasteiger partial charge in [-0.25, -0.2) is 5.43 Å². The second-order valence-electron chi connectivity index (χ2n) is 3.71. The maximum Gasteiger partial charge on any atom is 0.127 e. The third-order valence-electron chi connectivity index (χ3n) is 2.53. The summed E-state index contributed by atoms with van der Waals surface area (Å²) in [4.78, 5) is 2.45. The van der Waals surface area contributed by atoms with Crippen LogP contribution in [0.25, 0.3) is 0 Å². The van der Waals surface area contributed by atoms with Crippen LogP contribution < -0.4 is 11.3 Å². The van der Waals surface area contributed by atoms with Gasteiger partial charge in [-0.05, 0) is 31.2 Å². The Balaban J connectivity index is 2.28. The summed E-state index contributed by atoms with van der Waals surface area (Å²) in [5, 5.41) is 0. The van der Waals surface area contributed by atoms with Crippen LogP contribution in [0.1, 0.15) is 34.2 Å². The number of hydrazine groups is 1. The highest BCUT2D eigenvalue weighted by atomic mass is 32.1. The van der Waals surface area contributed by atoms with Crippen LogP contribution in [0.3, 0.4) is 0 Å². The number of aryl methyl sites for hydroxylation is 2. The van der Waals surface area contributed by atoms with E-state index in [1.54, 1.807) is 11.3 Å². The summed E-state index contributed by atoms with van der Waals surface area (Å²) >= 11 is 1.73. The average Bonchev–Trinajstić information content (AvgIpc) is 2.89. The second-order valence-corrected chi connectivity index (χ2v) is 5.03. The molecule has 0 fully saturated rings. The Labute approximate surface area is 99.2 Å². The van der Waals surface area contributed by atoms with E-state index < -0.39 is 0 Å². The summed E-state index contributed by atoms with van der Waals surface area (Å²) in [6.07, 6.45) is 0.904. The molecule has 0 saturated carbocycles. The van der Waals surface area contributed by atoms with Crippen LogP contribution in [0.4, 0.5) is 0 Å². The minimum absolute atomic E-state index is 0.0426. The molecule has 2 aromatic heterocycles. The molecule has 2 heterocycles. The lowest BCUT2D eigenvalue weighted by atomic mass is 10.2. The molecule has 2 rings (SSSR count). The third kappa shape index (κ3) is 2.19. The Morgan fingerprint density at radius 1 is 1.38 bits per heavy atom. The lowest BCUT2D eigenvalue weighted by Gasteiger charge is -2.10. The molecule has 3 nitrogen and oxygen atoms in total. The SMILES string of the molecule is CCc1ccc(C(NN)c2ccc(C)s2)o1. The standard InChI is InChI=1S/C12H16N2OS/c1-3-9-5-6-10(15-9)12(14-13)11-7-4-8(2)16-11/h4-7,12,14H,3,13H2,1-2H3. The van der Waals surface area contributed by atoms with Gasteiger partial charge >= 0.3 is 0 Å². The molecule has 0 aromatic carbocycles. The molecule has 4 heteroatoms. The van der Waals surface area contributed by atoms with E-state index in [-0.39, 0.29) is 6.04 Å². The normalized spacial score (nSPS) is 12.9. The lowest BCUT2D eigenvalue weighted by molar-refractivity contribution is 0.428. The molecule has 1 atom stereocenters. The van der Waals surface area contributed by atoms with Crippen molar-refractivity contribution in [2.24, 2.45) is 5.84 Å². The number of thiophene rings is 1. The number of hydrogen-bond donors (Lipinski definition) is 2. The fraction of sp³-hybridized carbons (Fsp3) is 0.333. The van der Waals surface area contributed by atoms with E-state index in [4.69, 9.17) is 10.3 Å². The number of furan rings is 1. The van der Waals surface area contributed by atoms with Gasteiger partial charge in [0.15, 0.2) is 0 Å². The van der Waals surface area contributed by atoms with E-state index in [1.165, 1.54) is 9.75 Å². The van der Waals surface area contributed by atoms with Crippen molar-refractivity contribution in [3.8, 4) is 0 Å². The minimum atomic E-state index is -0.0426. The minimum Gasteiger partial charge on any atom is -0.464 e. The van der Waals surface area contributed by atoms with Crippen LogP contribution in [0, 0.1) is 6.92 Å². The lowest BCUT2D eigenvalue weighted by Crippen LogP contribution is -2.27. The van der Waals surface area contributed by atoms with Crippen molar-refractivity contribution in [1.82, 2.24) is 5.43 Å². The molecule has 0 saturated heterocycles. The van der Waals surface area contributed by atoms with Crippen molar-refractivity contribution in [2.75, 3.05) is 0 Å². The van der Waals surface area contributed by atoms with E-state index in [9.17, 15) is 0 Å². The number of rotatable bonds is 4. The summed E-state index contributed by atoms with van der Waals surface area (Å²) in [7, 11) is 0. The maximum atomic E-state index is 5.71. The van der Waals surface area contributed by atoms with Crippen LogP contribution >= 0.6 is 11.3 Å². The first kappa shape index (κ1) is 11.4. The first-order valence-electron chi connectivity index (χ1n) is 5.35. The van der Waals surface area contributed by atoms with E-state index in [1.807, 2.05) is 12.1 Å². The summed E-state index contributed by atoms with van der Waals surface area (Å²) in [6, 6.07) is 8.12. The number of hydrogen-bond acceptors (Lipinski definition) is 4. The van der Waals surface area contributed by atoms with Gasteiger partial charge in [-0.1, -0.05) is 6.92 Å². The Morgan fingerprint density at radius 2 is 2.19 bits per heavy atom. The largest absolute Gasteiger partial charge is 0.464 e. The molecule has 0 amide bonds. The van der Waals surface area contributed by atoms with Crippen LogP contribution in [0.2, 0.25) is 0 Å². The van der Waals surface area contributed by atoms with E-state index in [0.717, 1.165) is 17.9 Å². The average molecular weight is 236 g/mol. The van der Waals surface area contributed by atoms with Gasteiger partial charge in [0, 0.05) is 16.2 Å². The molecule has 3 N–H and O–H groups in total. The van der Waals surface area contributed by atoms with Gasteiger partial charge in [0.05, 0.1) is 0 Å². The molecule has 0 aliphatic carbocycles. The highest BCUT2D eigenvalue weighted by Crippen LogP contribution is 2.28. The van der Waals surface area contributed by atoms with Gasteiger partial charge < -0.3 is 4.42 Å². The maximum absolute atomic E-state index is 5.71. The van der Waals surface area contributed by atoms with Crippen molar-refractivity contribution in [3.05, 3.63) is 45.5 Å². The van der Waals surface area contributed by atoms with Gasteiger partial charge in [-0.2, -0.15) is 0 Å². The van der Waals surface area contributed by atoms with Crippen molar-refractivity contribution in [2.45, 2.75) is 26.3 Å². The number of nitrogens with one attached hydrogen (secondary N) is 1. The zero-order valence-corrected chi connectivity index (χ0v) is 10.3. The highest BCUT2D eigenvalue weighted by Gasteiger charge is 2.17. The topological polar surface area (TPSA) is 51.2 Å². The quantitative estimate of drug-likeness (QED) is 0.634. The fourth-order valence-electron chi connectivity index (χ4n) is 1.65. The third-order valence-corrected chi connectivity index (χ3v) is 3.59. The smallest absolute Gasteiger partial charge is 0.127 e. The van der Waals surface area contributed by atoms with Crippen molar-refractivity contribution in [1.29, 1.82) is 0 Å². The summed E-state index contributed by atoms with van der Waals surface area (Å²) < 4.78 is 5.71. The highest BCUT2D eigenvalue weighted by molar-refractivity contribution is 7.12. The molecule has 0 aliphatic heterocycles. The van der Waals surface area contributed by atoms with Gasteiger partial charge in [0.1, 0.15) is 17.6 Å². The van der Waals surface area contributed by atoms with Crippen LogP contribution in [-0.4, -0.2) is 0 Å². The molecule has 0 radical (unpaired) electrons. The van der Waals surface area contributed by atoms with Crippen LogP contribution in [0.15, 0.2) is 28.7 Å². The van der Waals surface area contributed by atoms with Crippen molar-refractivity contribution >= 4 is 11.3 Å². The Kier molecular flexibility index (Phi) is 3.43. The molecule has 1 unspecified atom stereocenters. The second kappa shape index (κ2) is 4.82. The molecule has 16 heavy (non-hydrogen) atoms. The first-order chi connectivity index (χ1) is 7.74. The summed E-state index contributed by atoms with van der Waals surface area (Å²) in [5.74, 6) is 7.46. The Bertz CT molecular complexity index is 461. The zero-order chi connectivity index (χ0) is 11.5. The summed E-state index contributed by atoms with van der Waals surface area (Å²) in [6.45, 7) is 4.16. The summed E-state index contributed by atoms with van der Waals surface area (Å²) in [5.41, 5.74) is 2.80. The molecular weight excluding hydrogens is 220 g/mol. The van der Waals surface area contributed by atoms with Crippen LogP contribution in [0.5, 0.6) is 0 Å². The van der Waals surface area contributed by atoms with Gasteiger partial charge in [0.25, 0.3) is 0 Å². The first-order valence-corrected chi connectivity index (χ1v) is 6.17. The van der Waals surface area contributed by atoms with E-state index >= 15 is 0 Å².